The molecule has 3 atom stereocenters. The van der Waals surface area contributed by atoms with E-state index in [2.05, 4.69) is 31.9 Å². The monoisotopic (exact) mass is 572 g/mol. The van der Waals surface area contributed by atoms with Gasteiger partial charge in [-0.1, -0.05) is 34.1 Å². The lowest BCUT2D eigenvalue weighted by Crippen LogP contribution is -2.37. The maximum atomic E-state index is 13.6. The lowest BCUT2D eigenvalue weighted by Gasteiger charge is -2.29. The maximum Gasteiger partial charge on any atom is 0.266 e. The Labute approximate surface area is 206 Å². The van der Waals surface area contributed by atoms with Crippen LogP contribution in [0.15, 0.2) is 75.7 Å². The highest BCUT2D eigenvalue weighted by Crippen LogP contribution is 2.49. The molecule has 2 fully saturated rings. The second-order valence-corrected chi connectivity index (χ2v) is 9.47. The summed E-state index contributed by atoms with van der Waals surface area (Å²) < 4.78 is 6.58. The molecule has 0 saturated carbocycles. The minimum absolute atomic E-state index is 0.0479. The van der Waals surface area contributed by atoms with Crippen molar-refractivity contribution in [1.82, 2.24) is 0 Å². The average molecular weight is 574 g/mol. The number of para-hydroxylation sites is 1. The van der Waals surface area contributed by atoms with Crippen molar-refractivity contribution in [2.24, 2.45) is 5.92 Å². The minimum Gasteiger partial charge on any atom is -0.503 e. The number of carbonyl (C=O) groups is 2. The van der Waals surface area contributed by atoms with Crippen LogP contribution >= 0.6 is 31.9 Å². The van der Waals surface area contributed by atoms with Crippen molar-refractivity contribution < 1.29 is 24.3 Å². The number of fused-ring (bicyclic) bond motifs is 1. The van der Waals surface area contributed by atoms with E-state index in [9.17, 15) is 14.7 Å². The summed E-state index contributed by atoms with van der Waals surface area (Å²) in [6, 6.07) is 19.0. The van der Waals surface area contributed by atoms with Gasteiger partial charge in [-0.3, -0.25) is 14.4 Å². The van der Waals surface area contributed by atoms with E-state index in [1.165, 1.54) is 12.0 Å². The Kier molecular flexibility index (Phi) is 5.64. The molecule has 33 heavy (non-hydrogen) atoms. The SMILES string of the molecule is COc1cc([C@@H]2[C@H]3C(=O)N(c4ccc(Br)cc4)C(=O)[C@H]3ON2c2ccccc2)cc(Br)c1O. The van der Waals surface area contributed by atoms with E-state index in [0.717, 1.165) is 4.47 Å². The van der Waals surface area contributed by atoms with Gasteiger partial charge in [-0.2, -0.15) is 0 Å². The highest BCUT2D eigenvalue weighted by Gasteiger charge is 2.60. The zero-order chi connectivity index (χ0) is 23.3. The van der Waals surface area contributed by atoms with Crippen LogP contribution in [0.1, 0.15) is 11.6 Å². The maximum absolute atomic E-state index is 13.6. The first-order chi connectivity index (χ1) is 15.9. The number of ether oxygens (including phenoxy) is 1. The molecule has 2 amide bonds. The van der Waals surface area contributed by atoms with Crippen LogP contribution < -0.4 is 14.7 Å². The molecule has 1 N–H and O–H groups in total. The molecule has 0 aromatic heterocycles. The van der Waals surface area contributed by atoms with Crippen LogP contribution in [0.5, 0.6) is 11.5 Å². The smallest absolute Gasteiger partial charge is 0.266 e. The molecular formula is C24H18Br2N2O5. The number of carbonyl (C=O) groups excluding carboxylic acids is 2. The number of benzene rings is 3. The molecule has 168 valence electrons. The number of hydrogen-bond acceptors (Lipinski definition) is 6. The number of imide groups is 1. The Morgan fingerprint density at radius 2 is 1.64 bits per heavy atom. The predicted octanol–water partition coefficient (Wildman–Crippen LogP) is 4.98. The fraction of sp³-hybridized carbons (Fsp3) is 0.167. The number of hydrogen-bond donors (Lipinski definition) is 1. The van der Waals surface area contributed by atoms with Crippen molar-refractivity contribution in [2.45, 2.75) is 12.1 Å². The summed E-state index contributed by atoms with van der Waals surface area (Å²) in [5.74, 6) is -1.35. The molecule has 0 radical (unpaired) electrons. The van der Waals surface area contributed by atoms with Crippen molar-refractivity contribution in [1.29, 1.82) is 0 Å². The third-order valence-corrected chi connectivity index (χ3v) is 6.96. The Hall–Kier alpha value is -2.88. The fourth-order valence-corrected chi connectivity index (χ4v) is 5.04. The van der Waals surface area contributed by atoms with Crippen LogP contribution in [-0.2, 0) is 14.4 Å². The third kappa shape index (κ3) is 3.60. The van der Waals surface area contributed by atoms with Crippen molar-refractivity contribution in [2.75, 3.05) is 17.1 Å². The normalized spacial score (nSPS) is 22.1. The van der Waals surface area contributed by atoms with Crippen molar-refractivity contribution in [3.8, 4) is 11.5 Å². The zero-order valence-corrected chi connectivity index (χ0v) is 20.5. The Morgan fingerprint density at radius 3 is 2.30 bits per heavy atom. The van der Waals surface area contributed by atoms with Gasteiger partial charge >= 0.3 is 0 Å². The van der Waals surface area contributed by atoms with Crippen LogP contribution in [0, 0.1) is 5.92 Å². The van der Waals surface area contributed by atoms with Crippen molar-refractivity contribution in [3.05, 3.63) is 81.2 Å². The summed E-state index contributed by atoms with van der Waals surface area (Å²) in [4.78, 5) is 34.3. The van der Waals surface area contributed by atoms with E-state index in [1.807, 2.05) is 30.3 Å². The number of hydroxylamine groups is 1. The van der Waals surface area contributed by atoms with E-state index in [1.54, 1.807) is 41.5 Å². The molecule has 9 heteroatoms. The second kappa shape index (κ2) is 8.48. The zero-order valence-electron chi connectivity index (χ0n) is 17.3. The molecule has 0 spiro atoms. The summed E-state index contributed by atoms with van der Waals surface area (Å²) in [5, 5.41) is 11.9. The number of rotatable bonds is 4. The highest BCUT2D eigenvalue weighted by molar-refractivity contribution is 9.10. The molecule has 2 heterocycles. The Morgan fingerprint density at radius 1 is 0.939 bits per heavy atom. The first-order valence-electron chi connectivity index (χ1n) is 10.1. The molecular weight excluding hydrogens is 556 g/mol. The topological polar surface area (TPSA) is 79.3 Å². The van der Waals surface area contributed by atoms with Gasteiger partial charge in [0.1, 0.15) is 5.92 Å². The number of phenolic OH excluding ortho intramolecular Hbond substituents is 1. The van der Waals surface area contributed by atoms with Gasteiger partial charge in [0.25, 0.3) is 5.91 Å². The molecule has 5 rings (SSSR count). The molecule has 2 aliphatic rings. The summed E-state index contributed by atoms with van der Waals surface area (Å²) in [5.41, 5.74) is 1.85. The number of halogens is 2. The van der Waals surface area contributed by atoms with Crippen LogP contribution in [0.4, 0.5) is 11.4 Å². The predicted molar refractivity (Wildman–Crippen MR) is 129 cm³/mol. The molecule has 0 bridgehead atoms. The second-order valence-electron chi connectivity index (χ2n) is 7.70. The summed E-state index contributed by atoms with van der Waals surface area (Å²) in [6.45, 7) is 0. The van der Waals surface area contributed by atoms with E-state index >= 15 is 0 Å². The van der Waals surface area contributed by atoms with Gasteiger partial charge in [-0.25, -0.2) is 9.96 Å². The fourth-order valence-electron chi connectivity index (χ4n) is 4.32. The molecule has 7 nitrogen and oxygen atoms in total. The van der Waals surface area contributed by atoms with Gasteiger partial charge < -0.3 is 9.84 Å². The standard InChI is InChI=1S/C24H18Br2N2O5/c1-32-18-12-13(11-17(26)21(18)29)20-19-22(33-28(20)16-5-3-2-4-6-16)24(31)27(23(19)30)15-9-7-14(25)8-10-15/h2-12,19-20,22,29H,1H3/t19-,20-,22+/m1/s1. The van der Waals surface area contributed by atoms with Crippen LogP contribution in [0.2, 0.25) is 0 Å². The molecule has 0 aliphatic carbocycles. The Balaban J connectivity index is 1.62. The van der Waals surface area contributed by atoms with Gasteiger partial charge in [-0.15, -0.1) is 0 Å². The van der Waals surface area contributed by atoms with Crippen LogP contribution in [-0.4, -0.2) is 30.1 Å². The number of nitrogens with zero attached hydrogens (tertiary/aromatic N) is 2. The number of phenols is 1. The van der Waals surface area contributed by atoms with E-state index < -0.39 is 24.0 Å². The van der Waals surface area contributed by atoms with Gasteiger partial charge in [0.15, 0.2) is 17.6 Å². The van der Waals surface area contributed by atoms with Crippen molar-refractivity contribution >= 4 is 55.0 Å². The molecule has 3 aromatic rings. The van der Waals surface area contributed by atoms with Crippen molar-refractivity contribution in [3.63, 3.8) is 0 Å². The highest BCUT2D eigenvalue weighted by atomic mass is 79.9. The first kappa shape index (κ1) is 21.9. The summed E-state index contributed by atoms with van der Waals surface area (Å²) in [6.07, 6.45) is -0.982. The molecule has 0 unspecified atom stereocenters. The lowest BCUT2D eigenvalue weighted by atomic mass is 9.90. The largest absolute Gasteiger partial charge is 0.503 e. The van der Waals surface area contributed by atoms with E-state index in [4.69, 9.17) is 9.57 Å². The average Bonchev–Trinajstić information content (AvgIpc) is 3.33. The molecule has 2 saturated heterocycles. The number of aromatic hydroxyl groups is 1. The summed E-state index contributed by atoms with van der Waals surface area (Å²) in [7, 11) is 1.45. The molecule has 3 aromatic carbocycles. The first-order valence-corrected chi connectivity index (χ1v) is 11.7. The number of amides is 2. The molecule has 2 aliphatic heterocycles. The van der Waals surface area contributed by atoms with Gasteiger partial charge in [0.2, 0.25) is 5.91 Å². The van der Waals surface area contributed by atoms with Gasteiger partial charge in [0, 0.05) is 4.47 Å². The Bertz CT molecular complexity index is 1240. The van der Waals surface area contributed by atoms with Crippen LogP contribution in [0.25, 0.3) is 0 Å². The van der Waals surface area contributed by atoms with Crippen LogP contribution in [0.3, 0.4) is 0 Å². The van der Waals surface area contributed by atoms with E-state index in [0.29, 0.717) is 21.4 Å². The third-order valence-electron chi connectivity index (χ3n) is 5.82. The minimum atomic E-state index is -0.982. The lowest BCUT2D eigenvalue weighted by molar-refractivity contribution is -0.126. The van der Waals surface area contributed by atoms with Gasteiger partial charge in [-0.05, 0) is 70.0 Å². The number of anilines is 2. The quantitative estimate of drug-likeness (QED) is 0.444. The number of methoxy groups -OCH3 is 1. The van der Waals surface area contributed by atoms with E-state index in [-0.39, 0.29) is 17.4 Å². The van der Waals surface area contributed by atoms with Gasteiger partial charge in [0.05, 0.1) is 29.0 Å². The summed E-state index contributed by atoms with van der Waals surface area (Å²) >= 11 is 6.74.